The highest BCUT2D eigenvalue weighted by Crippen LogP contribution is 2.36. The Labute approximate surface area is 196 Å². The van der Waals surface area contributed by atoms with Gasteiger partial charge >= 0.3 is 5.97 Å². The minimum absolute atomic E-state index is 0.0232. The summed E-state index contributed by atoms with van der Waals surface area (Å²) in [4.78, 5) is 37.1. The smallest absolute Gasteiger partial charge is 0.328 e. The lowest BCUT2D eigenvalue weighted by atomic mass is 10.0. The molecule has 0 aliphatic heterocycles. The van der Waals surface area contributed by atoms with Crippen molar-refractivity contribution in [2.75, 3.05) is 0 Å². The van der Waals surface area contributed by atoms with Gasteiger partial charge in [-0.1, -0.05) is 23.2 Å². The van der Waals surface area contributed by atoms with Crippen LogP contribution in [0.2, 0.25) is 10.0 Å². The number of carbonyl (C=O) groups excluding carboxylic acids is 2. The first-order chi connectivity index (χ1) is 15.3. The van der Waals surface area contributed by atoms with Crippen molar-refractivity contribution in [3.8, 4) is 5.75 Å². The van der Waals surface area contributed by atoms with Crippen LogP contribution in [0.15, 0.2) is 24.3 Å². The Hall–Kier alpha value is -3.17. The fourth-order valence-corrected chi connectivity index (χ4v) is 3.70. The van der Waals surface area contributed by atoms with Gasteiger partial charge in [-0.3, -0.25) is 14.2 Å². The van der Waals surface area contributed by atoms with Gasteiger partial charge in [-0.25, -0.2) is 13.6 Å². The van der Waals surface area contributed by atoms with Gasteiger partial charge in [0.1, 0.15) is 5.54 Å². The van der Waals surface area contributed by atoms with Gasteiger partial charge in [0.25, 0.3) is 5.91 Å². The maximum Gasteiger partial charge on any atom is 0.328 e. The number of nitrogens with one attached hydrogen (secondary N) is 1. The van der Waals surface area contributed by atoms with Crippen molar-refractivity contribution in [2.24, 2.45) is 0 Å². The molecule has 0 saturated heterocycles. The summed E-state index contributed by atoms with van der Waals surface area (Å²) >= 11 is 11.9. The van der Waals surface area contributed by atoms with Crippen LogP contribution in [-0.2, 0) is 16.0 Å². The molecular formula is C22H18Cl2F2N2O5. The van der Waals surface area contributed by atoms with Crippen LogP contribution >= 0.6 is 23.2 Å². The van der Waals surface area contributed by atoms with Gasteiger partial charge in [0, 0.05) is 22.7 Å². The third-order valence-electron chi connectivity index (χ3n) is 5.18. The van der Waals surface area contributed by atoms with Crippen LogP contribution in [-0.4, -0.2) is 38.1 Å². The Morgan fingerprint density at radius 1 is 1.12 bits per heavy atom. The molecule has 0 radical (unpaired) electrons. The first-order valence-electron chi connectivity index (χ1n) is 9.51. The number of benzene rings is 2. The minimum atomic E-state index is -1.62. The Bertz CT molecular complexity index is 1330. The molecule has 1 aromatic heterocycles. The van der Waals surface area contributed by atoms with Gasteiger partial charge in [-0.15, -0.1) is 0 Å². The van der Waals surface area contributed by atoms with Crippen LogP contribution in [0.1, 0.15) is 35.5 Å². The number of phenolic OH excluding ortho intramolecular Hbond substituents is 1. The molecule has 3 rings (SSSR count). The Balaban J connectivity index is 2.20. The number of carboxylic acid groups (broad SMARTS) is 1. The molecule has 0 spiro atoms. The molecule has 2 aromatic carbocycles. The van der Waals surface area contributed by atoms with Crippen LogP contribution in [0.25, 0.3) is 10.9 Å². The summed E-state index contributed by atoms with van der Waals surface area (Å²) in [6, 6.07) is 4.81. The van der Waals surface area contributed by atoms with Crippen LogP contribution in [0.5, 0.6) is 5.75 Å². The molecule has 33 heavy (non-hydrogen) atoms. The largest absolute Gasteiger partial charge is 0.503 e. The average Bonchev–Trinajstić information content (AvgIpc) is 2.98. The number of phenols is 1. The molecule has 0 bridgehead atoms. The number of nitrogens with zero attached hydrogens (tertiary/aromatic N) is 1. The fourth-order valence-electron chi connectivity index (χ4n) is 3.40. The van der Waals surface area contributed by atoms with Crippen molar-refractivity contribution < 1.29 is 33.4 Å². The zero-order chi connectivity index (χ0) is 24.8. The highest BCUT2D eigenvalue weighted by Gasteiger charge is 2.31. The van der Waals surface area contributed by atoms with Crippen LogP contribution in [0.3, 0.4) is 0 Å². The van der Waals surface area contributed by atoms with E-state index in [1.54, 1.807) is 0 Å². The van der Waals surface area contributed by atoms with E-state index in [1.807, 2.05) is 0 Å². The molecule has 1 amide bonds. The molecule has 0 aliphatic carbocycles. The molecule has 0 saturated carbocycles. The van der Waals surface area contributed by atoms with Crippen molar-refractivity contribution in [1.29, 1.82) is 0 Å². The maximum atomic E-state index is 14.9. The summed E-state index contributed by atoms with van der Waals surface area (Å²) in [6.45, 7) is 3.94. The summed E-state index contributed by atoms with van der Waals surface area (Å²) < 4.78 is 30.1. The first kappa shape index (κ1) is 24.5. The van der Waals surface area contributed by atoms with Gasteiger partial charge in [0.15, 0.2) is 17.4 Å². The van der Waals surface area contributed by atoms with Gasteiger partial charge in [-0.2, -0.15) is 0 Å². The second-order valence-electron chi connectivity index (χ2n) is 7.90. The van der Waals surface area contributed by atoms with Crippen molar-refractivity contribution in [1.82, 2.24) is 9.88 Å². The van der Waals surface area contributed by atoms with E-state index in [4.69, 9.17) is 23.2 Å². The third kappa shape index (κ3) is 4.38. The number of aromatic nitrogens is 1. The van der Waals surface area contributed by atoms with Crippen molar-refractivity contribution in [3.63, 3.8) is 0 Å². The van der Waals surface area contributed by atoms with Gasteiger partial charge < -0.3 is 15.5 Å². The third-order valence-corrected chi connectivity index (χ3v) is 5.92. The number of carbonyl (C=O) groups is 3. The Morgan fingerprint density at radius 3 is 2.33 bits per heavy atom. The lowest BCUT2D eigenvalue weighted by molar-refractivity contribution is -0.145. The van der Waals surface area contributed by atoms with Gasteiger partial charge in [0.05, 0.1) is 22.0 Å². The van der Waals surface area contributed by atoms with E-state index in [2.05, 4.69) is 5.32 Å². The Kier molecular flexibility index (Phi) is 6.41. The second-order valence-corrected chi connectivity index (χ2v) is 8.72. The molecule has 0 unspecified atom stereocenters. The van der Waals surface area contributed by atoms with E-state index < -0.39 is 47.1 Å². The lowest BCUT2D eigenvalue weighted by Crippen LogP contribution is -2.50. The molecule has 174 valence electrons. The summed E-state index contributed by atoms with van der Waals surface area (Å²) in [6.07, 6.45) is -0.539. The van der Waals surface area contributed by atoms with E-state index in [0.717, 1.165) is 10.6 Å². The van der Waals surface area contributed by atoms with E-state index in [9.17, 15) is 33.4 Å². The monoisotopic (exact) mass is 498 g/mol. The second kappa shape index (κ2) is 8.64. The molecule has 0 fully saturated rings. The van der Waals surface area contributed by atoms with E-state index >= 15 is 0 Å². The van der Waals surface area contributed by atoms with Crippen molar-refractivity contribution in [3.05, 3.63) is 62.8 Å². The lowest BCUT2D eigenvalue weighted by Gasteiger charge is -2.21. The Morgan fingerprint density at radius 2 is 1.76 bits per heavy atom. The zero-order valence-electron chi connectivity index (χ0n) is 17.6. The molecule has 3 aromatic rings. The fraction of sp³-hybridized carbons (Fsp3) is 0.227. The molecule has 0 aliphatic rings. The topological polar surface area (TPSA) is 109 Å². The first-order valence-corrected chi connectivity index (χ1v) is 10.3. The van der Waals surface area contributed by atoms with Crippen LogP contribution < -0.4 is 5.32 Å². The van der Waals surface area contributed by atoms with Crippen LogP contribution in [0.4, 0.5) is 8.78 Å². The standard InChI is InChI=1S/C22H18Cl2F2N2O5/c1-9-11(7-16(29)27-22(2,3)21(32)33)17-15(8-14(25)19(30)18(17)26)28(9)20(31)10-4-5-12(23)13(24)6-10/h4-6,8,30H,7H2,1-3H3,(H,27,29)(H,32,33). The zero-order valence-corrected chi connectivity index (χ0v) is 19.1. The van der Waals surface area contributed by atoms with E-state index in [1.165, 1.54) is 39.0 Å². The minimum Gasteiger partial charge on any atom is -0.503 e. The predicted octanol–water partition coefficient (Wildman–Crippen LogP) is 4.45. The highest BCUT2D eigenvalue weighted by molar-refractivity contribution is 6.42. The number of hydrogen-bond donors (Lipinski definition) is 3. The number of fused-ring (bicyclic) bond motifs is 1. The quantitative estimate of drug-likeness (QED) is 0.481. The number of halogens is 4. The summed E-state index contributed by atoms with van der Waals surface area (Å²) in [5.74, 6) is -6.71. The number of rotatable bonds is 5. The maximum absolute atomic E-state index is 14.9. The normalized spacial score (nSPS) is 11.6. The van der Waals surface area contributed by atoms with Gasteiger partial charge in [0.2, 0.25) is 5.91 Å². The number of hydrogen-bond acceptors (Lipinski definition) is 4. The molecule has 11 heteroatoms. The number of amides is 1. The van der Waals surface area contributed by atoms with Crippen molar-refractivity contribution >= 4 is 51.9 Å². The van der Waals surface area contributed by atoms with Crippen LogP contribution in [0, 0.1) is 18.6 Å². The van der Waals surface area contributed by atoms with E-state index in [-0.39, 0.29) is 37.8 Å². The molecular weight excluding hydrogens is 481 g/mol. The molecule has 1 heterocycles. The predicted molar refractivity (Wildman–Crippen MR) is 118 cm³/mol. The number of carboxylic acids is 1. The number of aliphatic carboxylic acids is 1. The van der Waals surface area contributed by atoms with Crippen molar-refractivity contribution in [2.45, 2.75) is 32.7 Å². The average molecular weight is 499 g/mol. The van der Waals surface area contributed by atoms with Gasteiger partial charge in [-0.05, 0) is 44.5 Å². The molecule has 0 atom stereocenters. The number of aromatic hydroxyl groups is 1. The molecule has 7 nitrogen and oxygen atoms in total. The van der Waals surface area contributed by atoms with E-state index in [0.29, 0.717) is 0 Å². The summed E-state index contributed by atoms with van der Waals surface area (Å²) in [5, 5.41) is 21.2. The highest BCUT2D eigenvalue weighted by atomic mass is 35.5. The molecule has 3 N–H and O–H groups in total. The summed E-state index contributed by atoms with van der Waals surface area (Å²) in [7, 11) is 0. The SMILES string of the molecule is Cc1c(CC(=O)NC(C)(C)C(=O)O)c2c(F)c(O)c(F)cc2n1C(=O)c1ccc(Cl)c(Cl)c1. The summed E-state index contributed by atoms with van der Waals surface area (Å²) in [5.41, 5.74) is -1.72.